The van der Waals surface area contributed by atoms with Crippen LogP contribution in [-0.4, -0.2) is 9.97 Å². The lowest BCUT2D eigenvalue weighted by atomic mass is 9.86. The number of nitrogens with one attached hydrogen (secondary N) is 1. The van der Waals surface area contributed by atoms with Gasteiger partial charge in [-0.3, -0.25) is 4.99 Å². The van der Waals surface area contributed by atoms with Gasteiger partial charge in [0.1, 0.15) is 0 Å². The Bertz CT molecular complexity index is 2480. The van der Waals surface area contributed by atoms with Gasteiger partial charge in [0.2, 0.25) is 0 Å². The highest BCUT2D eigenvalue weighted by molar-refractivity contribution is 5.98. The molecule has 0 bridgehead atoms. The molecule has 47 heavy (non-hydrogen) atoms. The van der Waals surface area contributed by atoms with Gasteiger partial charge in [0.25, 0.3) is 0 Å². The number of fused-ring (bicyclic) bond motifs is 6. The van der Waals surface area contributed by atoms with Crippen LogP contribution in [0.15, 0.2) is 132 Å². The maximum atomic E-state index is 5.31. The van der Waals surface area contributed by atoms with Gasteiger partial charge in [-0.05, 0) is 54.0 Å². The van der Waals surface area contributed by atoms with Crippen LogP contribution in [0.4, 0.5) is 5.69 Å². The van der Waals surface area contributed by atoms with E-state index in [0.717, 1.165) is 83.7 Å². The van der Waals surface area contributed by atoms with Gasteiger partial charge in [-0.15, -0.1) is 0 Å². The molecule has 4 heteroatoms. The lowest BCUT2D eigenvalue weighted by molar-refractivity contribution is 0.678. The second-order valence-electron chi connectivity index (χ2n) is 12.5. The monoisotopic (exact) mass is 602 g/mol. The van der Waals surface area contributed by atoms with Crippen molar-refractivity contribution >= 4 is 39.6 Å². The summed E-state index contributed by atoms with van der Waals surface area (Å²) >= 11 is 0. The fourth-order valence-electron chi connectivity index (χ4n) is 6.80. The maximum absolute atomic E-state index is 5.31. The Morgan fingerprint density at radius 2 is 1.40 bits per heavy atom. The van der Waals surface area contributed by atoms with Crippen LogP contribution in [0.5, 0.6) is 0 Å². The van der Waals surface area contributed by atoms with Gasteiger partial charge < -0.3 is 5.32 Å². The standard InChI is InChI=1S/C43H30N4/c1-43(26-25-33-18-17-32-20-23-37(29-11-6-3-7-12-29)45-41(32)42(33)47-43)35-14-8-13-34(27-35)38-24-21-31-16-15-30-19-22-36(28-9-4-2-5-10-28)44-39(30)40(31)46-38/h2-7,9-12,14-23,25-27,38,47H,24H2,1H3. The fraction of sp³-hybridized carbons (Fsp3) is 0.0930. The minimum atomic E-state index is -0.471. The summed E-state index contributed by atoms with van der Waals surface area (Å²) in [4.78, 5) is 15.6. The van der Waals surface area contributed by atoms with Crippen molar-refractivity contribution in [3.05, 3.63) is 167 Å². The zero-order valence-corrected chi connectivity index (χ0v) is 25.9. The molecule has 4 nitrogen and oxygen atoms in total. The number of nitrogens with zero attached hydrogens (tertiary/aromatic N) is 3. The Morgan fingerprint density at radius 1 is 0.745 bits per heavy atom. The van der Waals surface area contributed by atoms with E-state index in [4.69, 9.17) is 15.0 Å². The van der Waals surface area contributed by atoms with Gasteiger partial charge in [0.15, 0.2) is 0 Å². The first-order chi connectivity index (χ1) is 23.1. The molecule has 2 aromatic heterocycles. The Morgan fingerprint density at radius 3 is 2.15 bits per heavy atom. The highest BCUT2D eigenvalue weighted by atomic mass is 15.0. The Hall–Kier alpha value is -6.05. The molecule has 222 valence electrons. The van der Waals surface area contributed by atoms with Crippen molar-refractivity contribution in [2.24, 2.45) is 4.99 Å². The molecule has 0 saturated carbocycles. The smallest absolute Gasteiger partial charge is 0.0967 e. The summed E-state index contributed by atoms with van der Waals surface area (Å²) in [5, 5.41) is 8.13. The van der Waals surface area contributed by atoms with E-state index in [0.29, 0.717) is 0 Å². The summed E-state index contributed by atoms with van der Waals surface area (Å²) in [6, 6.07) is 48.7. The molecule has 5 aromatic carbocycles. The van der Waals surface area contributed by atoms with E-state index >= 15 is 0 Å². The molecule has 9 rings (SSSR count). The van der Waals surface area contributed by atoms with Crippen molar-refractivity contribution < 1.29 is 0 Å². The second-order valence-corrected chi connectivity index (χ2v) is 12.5. The predicted octanol–water partition coefficient (Wildman–Crippen LogP) is 8.62. The lowest BCUT2D eigenvalue weighted by Crippen LogP contribution is -2.32. The van der Waals surface area contributed by atoms with Gasteiger partial charge >= 0.3 is 0 Å². The first-order valence-corrected chi connectivity index (χ1v) is 16.0. The molecule has 0 radical (unpaired) electrons. The normalized spacial score (nSPS) is 17.9. The largest absolute Gasteiger partial charge is 0.370 e. The average molecular weight is 603 g/mol. The maximum Gasteiger partial charge on any atom is 0.0967 e. The van der Waals surface area contributed by atoms with Gasteiger partial charge in [-0.2, -0.15) is 0 Å². The summed E-state index contributed by atoms with van der Waals surface area (Å²) in [6.07, 6.45) is 7.51. The van der Waals surface area contributed by atoms with Crippen molar-refractivity contribution in [1.29, 1.82) is 0 Å². The second kappa shape index (κ2) is 10.8. The number of hydrogen-bond acceptors (Lipinski definition) is 4. The van der Waals surface area contributed by atoms with Crippen LogP contribution in [0.25, 0.3) is 56.5 Å². The van der Waals surface area contributed by atoms with Crippen molar-refractivity contribution in [2.75, 3.05) is 5.32 Å². The fourth-order valence-corrected chi connectivity index (χ4v) is 6.80. The number of pyridine rings is 2. The molecule has 2 unspecified atom stereocenters. The molecule has 2 atom stereocenters. The van der Waals surface area contributed by atoms with Gasteiger partial charge in [0, 0.05) is 27.5 Å². The van der Waals surface area contributed by atoms with Crippen LogP contribution >= 0.6 is 0 Å². The topological polar surface area (TPSA) is 50.2 Å². The van der Waals surface area contributed by atoms with E-state index in [2.05, 4.69) is 134 Å². The van der Waals surface area contributed by atoms with E-state index in [1.54, 1.807) is 0 Å². The third-order valence-corrected chi connectivity index (χ3v) is 9.44. The van der Waals surface area contributed by atoms with Crippen molar-refractivity contribution in [3.63, 3.8) is 0 Å². The molecule has 1 N–H and O–H groups in total. The first kappa shape index (κ1) is 27.3. The summed E-state index contributed by atoms with van der Waals surface area (Å²) in [7, 11) is 0. The molecule has 0 saturated heterocycles. The van der Waals surface area contributed by atoms with Crippen molar-refractivity contribution in [2.45, 2.75) is 24.9 Å². The molecular formula is C43H30N4. The predicted molar refractivity (Wildman–Crippen MR) is 191 cm³/mol. The summed E-state index contributed by atoms with van der Waals surface area (Å²) in [5.74, 6) is 0. The van der Waals surface area contributed by atoms with E-state index in [-0.39, 0.29) is 6.04 Å². The van der Waals surface area contributed by atoms with Crippen LogP contribution in [-0.2, 0) is 5.54 Å². The van der Waals surface area contributed by atoms with Crippen molar-refractivity contribution in [3.8, 4) is 22.5 Å². The summed E-state index contributed by atoms with van der Waals surface area (Å²) in [5.41, 5.74) is 9.83. The molecule has 0 fully saturated rings. The molecule has 0 spiro atoms. The average Bonchev–Trinajstić information content (AvgIpc) is 3.15. The minimum absolute atomic E-state index is 0.0779. The van der Waals surface area contributed by atoms with E-state index in [1.165, 1.54) is 0 Å². The van der Waals surface area contributed by atoms with Crippen LogP contribution < -0.4 is 15.9 Å². The molecule has 0 aliphatic carbocycles. The number of aromatic nitrogens is 2. The number of benzene rings is 4. The molecule has 7 aromatic rings. The molecule has 0 amide bonds. The minimum Gasteiger partial charge on any atom is -0.370 e. The summed E-state index contributed by atoms with van der Waals surface area (Å²) in [6.45, 7) is 2.21. The van der Waals surface area contributed by atoms with E-state index in [1.807, 2.05) is 30.3 Å². The third-order valence-electron chi connectivity index (χ3n) is 9.44. The SMILES string of the molecule is CC1(c2cc#cc(C3CC=c4ccc5ccc(-c6ccccc6)nc5c4=N3)c2)C=Cc2ccc3ccc(-c4ccccc4)nc3c2N1. The van der Waals surface area contributed by atoms with E-state index in [9.17, 15) is 0 Å². The van der Waals surface area contributed by atoms with E-state index < -0.39 is 5.54 Å². The Kier molecular flexibility index (Phi) is 6.26. The molecular weight excluding hydrogens is 573 g/mol. The van der Waals surface area contributed by atoms with Crippen LogP contribution in [0.3, 0.4) is 0 Å². The highest BCUT2D eigenvalue weighted by Crippen LogP contribution is 2.39. The molecule has 2 aliphatic rings. The quantitative estimate of drug-likeness (QED) is 0.219. The first-order valence-electron chi connectivity index (χ1n) is 16.0. The molecule has 4 heterocycles. The van der Waals surface area contributed by atoms with Crippen LogP contribution in [0, 0.1) is 12.1 Å². The number of hydrogen-bond donors (Lipinski definition) is 1. The zero-order valence-electron chi connectivity index (χ0n) is 25.9. The Labute approximate surface area is 273 Å². The highest BCUT2D eigenvalue weighted by Gasteiger charge is 2.29. The number of rotatable bonds is 4. The van der Waals surface area contributed by atoms with Gasteiger partial charge in [0.05, 0.1) is 45.0 Å². The number of anilines is 1. The molecule has 2 aliphatic heterocycles. The van der Waals surface area contributed by atoms with Gasteiger partial charge in [-0.1, -0.05) is 127 Å². The summed E-state index contributed by atoms with van der Waals surface area (Å²) < 4.78 is 0. The third kappa shape index (κ3) is 4.76. The lowest BCUT2D eigenvalue weighted by Gasteiger charge is -2.34. The van der Waals surface area contributed by atoms with Gasteiger partial charge in [-0.25, -0.2) is 9.97 Å². The Balaban J connectivity index is 1.09. The van der Waals surface area contributed by atoms with Crippen molar-refractivity contribution in [1.82, 2.24) is 9.97 Å². The zero-order chi connectivity index (χ0) is 31.4. The van der Waals surface area contributed by atoms with Crippen LogP contribution in [0.2, 0.25) is 0 Å². The van der Waals surface area contributed by atoms with Crippen LogP contribution in [0.1, 0.15) is 36.1 Å².